The molecule has 0 aromatic rings. The van der Waals surface area contributed by atoms with Crippen molar-refractivity contribution >= 4 is 11.8 Å². The van der Waals surface area contributed by atoms with E-state index in [1.54, 1.807) is 0 Å². The van der Waals surface area contributed by atoms with Gasteiger partial charge in [-0.2, -0.15) is 11.8 Å². The molecule has 0 saturated carbocycles. The molecule has 2 N–H and O–H groups in total. The lowest BCUT2D eigenvalue weighted by Crippen LogP contribution is -2.20. The van der Waals surface area contributed by atoms with E-state index in [2.05, 4.69) is 18.7 Å². The SMILES string of the molecule is CC(N)CC1CCCCCS1. The van der Waals surface area contributed by atoms with E-state index < -0.39 is 0 Å². The van der Waals surface area contributed by atoms with E-state index in [0.717, 1.165) is 5.25 Å². The predicted molar refractivity (Wildman–Crippen MR) is 53.0 cm³/mol. The first-order chi connectivity index (χ1) is 5.29. The number of rotatable bonds is 2. The molecule has 0 aromatic carbocycles. The van der Waals surface area contributed by atoms with E-state index in [9.17, 15) is 0 Å². The highest BCUT2D eigenvalue weighted by Gasteiger charge is 2.13. The molecule has 0 amide bonds. The topological polar surface area (TPSA) is 26.0 Å². The molecule has 1 aliphatic heterocycles. The zero-order valence-corrected chi connectivity index (χ0v) is 8.20. The summed E-state index contributed by atoms with van der Waals surface area (Å²) in [5, 5.41) is 0.859. The van der Waals surface area contributed by atoms with E-state index in [1.807, 2.05) is 0 Å². The fourth-order valence-electron chi connectivity index (χ4n) is 1.58. The minimum atomic E-state index is 0.394. The van der Waals surface area contributed by atoms with Crippen LogP contribution in [-0.2, 0) is 0 Å². The Morgan fingerprint density at radius 2 is 2.27 bits per heavy atom. The Balaban J connectivity index is 2.20. The molecule has 11 heavy (non-hydrogen) atoms. The summed E-state index contributed by atoms with van der Waals surface area (Å²) in [6.45, 7) is 2.12. The molecular weight excluding hydrogens is 154 g/mol. The number of thioether (sulfide) groups is 1. The molecule has 0 aromatic heterocycles. The van der Waals surface area contributed by atoms with Gasteiger partial charge in [0.25, 0.3) is 0 Å². The van der Waals surface area contributed by atoms with Crippen LogP contribution in [0.25, 0.3) is 0 Å². The summed E-state index contributed by atoms with van der Waals surface area (Å²) < 4.78 is 0. The van der Waals surface area contributed by atoms with Crippen molar-refractivity contribution < 1.29 is 0 Å². The molecule has 0 radical (unpaired) electrons. The van der Waals surface area contributed by atoms with Gasteiger partial charge in [-0.25, -0.2) is 0 Å². The van der Waals surface area contributed by atoms with Crippen LogP contribution in [0.2, 0.25) is 0 Å². The predicted octanol–water partition coefficient (Wildman–Crippen LogP) is 2.40. The van der Waals surface area contributed by atoms with Crippen LogP contribution in [0.1, 0.15) is 39.0 Å². The second-order valence-corrected chi connectivity index (χ2v) is 4.96. The van der Waals surface area contributed by atoms with E-state index >= 15 is 0 Å². The van der Waals surface area contributed by atoms with Gasteiger partial charge in [0.2, 0.25) is 0 Å². The van der Waals surface area contributed by atoms with Gasteiger partial charge in [-0.15, -0.1) is 0 Å². The van der Waals surface area contributed by atoms with E-state index in [-0.39, 0.29) is 0 Å². The van der Waals surface area contributed by atoms with Crippen LogP contribution in [0, 0.1) is 0 Å². The Bertz CT molecular complexity index is 95.7. The highest BCUT2D eigenvalue weighted by molar-refractivity contribution is 7.99. The van der Waals surface area contributed by atoms with Gasteiger partial charge in [0.05, 0.1) is 0 Å². The molecule has 1 nitrogen and oxygen atoms in total. The van der Waals surface area contributed by atoms with Crippen molar-refractivity contribution in [1.82, 2.24) is 0 Å². The summed E-state index contributed by atoms with van der Waals surface area (Å²) in [5.41, 5.74) is 5.76. The lowest BCUT2D eigenvalue weighted by Gasteiger charge is -2.15. The first-order valence-corrected chi connectivity index (χ1v) is 5.71. The largest absolute Gasteiger partial charge is 0.328 e. The van der Waals surface area contributed by atoms with E-state index in [1.165, 1.54) is 37.9 Å². The van der Waals surface area contributed by atoms with Crippen LogP contribution < -0.4 is 5.73 Å². The van der Waals surface area contributed by atoms with Crippen molar-refractivity contribution in [3.05, 3.63) is 0 Å². The first-order valence-electron chi connectivity index (χ1n) is 4.66. The highest BCUT2D eigenvalue weighted by atomic mass is 32.2. The molecule has 2 heteroatoms. The Morgan fingerprint density at radius 1 is 1.45 bits per heavy atom. The summed E-state index contributed by atoms with van der Waals surface area (Å²) in [7, 11) is 0. The highest BCUT2D eigenvalue weighted by Crippen LogP contribution is 2.26. The van der Waals surface area contributed by atoms with Gasteiger partial charge < -0.3 is 5.73 Å². The average Bonchev–Trinajstić information content (AvgIpc) is 2.14. The first kappa shape index (κ1) is 9.40. The molecular formula is C9H19NS. The van der Waals surface area contributed by atoms with Crippen molar-refractivity contribution in [2.24, 2.45) is 5.73 Å². The maximum atomic E-state index is 5.76. The maximum Gasteiger partial charge on any atom is 0.00616 e. The van der Waals surface area contributed by atoms with E-state index in [0.29, 0.717) is 6.04 Å². The molecule has 66 valence electrons. The van der Waals surface area contributed by atoms with Crippen LogP contribution >= 0.6 is 11.8 Å². The Labute approximate surface area is 74.1 Å². The van der Waals surface area contributed by atoms with Gasteiger partial charge in [-0.3, -0.25) is 0 Å². The van der Waals surface area contributed by atoms with Crippen molar-refractivity contribution in [3.8, 4) is 0 Å². The lowest BCUT2D eigenvalue weighted by atomic mass is 10.1. The summed E-state index contributed by atoms with van der Waals surface area (Å²) in [4.78, 5) is 0. The van der Waals surface area contributed by atoms with Crippen LogP contribution in [0.3, 0.4) is 0 Å². The molecule has 2 atom stereocenters. The fraction of sp³-hybridized carbons (Fsp3) is 1.00. The van der Waals surface area contributed by atoms with Gasteiger partial charge >= 0.3 is 0 Å². The van der Waals surface area contributed by atoms with Crippen LogP contribution in [0.15, 0.2) is 0 Å². The smallest absolute Gasteiger partial charge is 0.00616 e. The molecule has 1 aliphatic rings. The van der Waals surface area contributed by atoms with Gasteiger partial charge in [0.1, 0.15) is 0 Å². The molecule has 1 saturated heterocycles. The van der Waals surface area contributed by atoms with Crippen molar-refractivity contribution in [2.45, 2.75) is 50.3 Å². The molecule has 1 rings (SSSR count). The molecule has 1 heterocycles. The summed E-state index contributed by atoms with van der Waals surface area (Å²) in [6, 6.07) is 0.394. The Hall–Kier alpha value is 0.310. The summed E-state index contributed by atoms with van der Waals surface area (Å²) >= 11 is 2.13. The Morgan fingerprint density at radius 3 is 3.00 bits per heavy atom. The second-order valence-electron chi connectivity index (χ2n) is 3.56. The molecule has 0 bridgehead atoms. The average molecular weight is 173 g/mol. The molecule has 2 unspecified atom stereocenters. The van der Waals surface area contributed by atoms with Gasteiger partial charge in [-0.1, -0.05) is 12.8 Å². The third-order valence-electron chi connectivity index (χ3n) is 2.16. The van der Waals surface area contributed by atoms with Gasteiger partial charge in [0, 0.05) is 11.3 Å². The van der Waals surface area contributed by atoms with Crippen molar-refractivity contribution in [2.75, 3.05) is 5.75 Å². The van der Waals surface area contributed by atoms with Crippen LogP contribution in [0.5, 0.6) is 0 Å². The van der Waals surface area contributed by atoms with Crippen LogP contribution in [-0.4, -0.2) is 17.0 Å². The quantitative estimate of drug-likeness (QED) is 0.694. The standard InChI is InChI=1S/C9H19NS/c1-8(10)7-9-5-3-2-4-6-11-9/h8-9H,2-7,10H2,1H3. The lowest BCUT2D eigenvalue weighted by molar-refractivity contribution is 0.587. The number of hydrogen-bond acceptors (Lipinski definition) is 2. The monoisotopic (exact) mass is 173 g/mol. The summed E-state index contributed by atoms with van der Waals surface area (Å²) in [6.07, 6.45) is 6.88. The van der Waals surface area contributed by atoms with E-state index in [4.69, 9.17) is 5.73 Å². The molecule has 1 fully saturated rings. The van der Waals surface area contributed by atoms with Crippen LogP contribution in [0.4, 0.5) is 0 Å². The fourth-order valence-corrected chi connectivity index (χ4v) is 3.06. The summed E-state index contributed by atoms with van der Waals surface area (Å²) in [5.74, 6) is 1.36. The third kappa shape index (κ3) is 4.02. The van der Waals surface area contributed by atoms with Crippen molar-refractivity contribution in [3.63, 3.8) is 0 Å². The molecule has 0 aliphatic carbocycles. The Kier molecular flexibility index (Phi) is 4.31. The minimum absolute atomic E-state index is 0.394. The number of hydrogen-bond donors (Lipinski definition) is 1. The van der Waals surface area contributed by atoms with Gasteiger partial charge in [0.15, 0.2) is 0 Å². The third-order valence-corrected chi connectivity index (χ3v) is 3.58. The van der Waals surface area contributed by atoms with Gasteiger partial charge in [-0.05, 0) is 31.9 Å². The maximum absolute atomic E-state index is 5.76. The minimum Gasteiger partial charge on any atom is -0.328 e. The zero-order chi connectivity index (χ0) is 8.10. The normalized spacial score (nSPS) is 29.5. The molecule has 0 spiro atoms. The zero-order valence-electron chi connectivity index (χ0n) is 7.38. The second kappa shape index (κ2) is 5.04. The van der Waals surface area contributed by atoms with Crippen molar-refractivity contribution in [1.29, 1.82) is 0 Å². The number of nitrogens with two attached hydrogens (primary N) is 1.